The maximum Gasteiger partial charge on any atom is 0.162 e. The lowest BCUT2D eigenvalue weighted by molar-refractivity contribution is -0.201. The molecule has 1 rings (SSSR count). The second-order valence-corrected chi connectivity index (χ2v) is 5.73. The molecule has 0 aromatic rings. The summed E-state index contributed by atoms with van der Waals surface area (Å²) in [5.41, 5.74) is 0. The van der Waals surface area contributed by atoms with Crippen LogP contribution in [-0.4, -0.2) is 51.2 Å². The van der Waals surface area contributed by atoms with E-state index in [0.717, 1.165) is 0 Å². The van der Waals surface area contributed by atoms with Crippen molar-refractivity contribution >= 4 is 0 Å². The monoisotopic (exact) mass is 330 g/mol. The van der Waals surface area contributed by atoms with Gasteiger partial charge in [0, 0.05) is 38.3 Å². The van der Waals surface area contributed by atoms with Crippen molar-refractivity contribution in [2.45, 2.75) is 66.3 Å². The van der Waals surface area contributed by atoms with Gasteiger partial charge in [0.05, 0.1) is 12.2 Å². The molecule has 0 saturated carbocycles. The summed E-state index contributed by atoms with van der Waals surface area (Å²) in [4.78, 5) is 0. The van der Waals surface area contributed by atoms with Crippen LogP contribution in [0.5, 0.6) is 0 Å². The molecule has 0 radical (unpaired) electrons. The van der Waals surface area contributed by atoms with Crippen LogP contribution in [0, 0.1) is 11.8 Å². The lowest BCUT2D eigenvalue weighted by atomic mass is 10.0. The molecular weight excluding hydrogens is 296 g/mol. The van der Waals surface area contributed by atoms with Gasteiger partial charge >= 0.3 is 0 Å². The molecule has 5 nitrogen and oxygen atoms in total. The van der Waals surface area contributed by atoms with Crippen molar-refractivity contribution in [3.63, 3.8) is 0 Å². The smallest absolute Gasteiger partial charge is 0.162 e. The van der Waals surface area contributed by atoms with Gasteiger partial charge in [0.1, 0.15) is 0 Å². The zero-order valence-corrected chi connectivity index (χ0v) is 15.5. The van der Waals surface area contributed by atoms with Gasteiger partial charge < -0.3 is 23.7 Å². The molecule has 1 aliphatic rings. The number of hydrogen-bond donors (Lipinski definition) is 0. The van der Waals surface area contributed by atoms with E-state index in [-0.39, 0.29) is 36.6 Å². The Bertz CT molecular complexity index is 291. The molecule has 0 fully saturated rings. The van der Waals surface area contributed by atoms with Gasteiger partial charge in [-0.25, -0.2) is 0 Å². The van der Waals surface area contributed by atoms with Crippen molar-refractivity contribution in [3.8, 4) is 0 Å². The van der Waals surface area contributed by atoms with Crippen LogP contribution in [0.15, 0.2) is 12.2 Å². The first kappa shape index (κ1) is 20.6. The van der Waals surface area contributed by atoms with E-state index in [1.165, 1.54) is 0 Å². The minimum absolute atomic E-state index is 0.0190. The Morgan fingerprint density at radius 1 is 0.696 bits per heavy atom. The van der Waals surface area contributed by atoms with Crippen LogP contribution in [0.1, 0.15) is 41.5 Å². The molecule has 0 aliphatic carbocycles. The van der Waals surface area contributed by atoms with Gasteiger partial charge in [0.25, 0.3) is 0 Å². The minimum atomic E-state index is -0.247. The van der Waals surface area contributed by atoms with E-state index in [4.69, 9.17) is 23.7 Å². The maximum absolute atomic E-state index is 6.20. The van der Waals surface area contributed by atoms with Gasteiger partial charge in [0.15, 0.2) is 12.6 Å². The largest absolute Gasteiger partial charge is 0.366 e. The van der Waals surface area contributed by atoms with Crippen molar-refractivity contribution in [1.29, 1.82) is 0 Å². The highest BCUT2D eigenvalue weighted by Gasteiger charge is 2.35. The van der Waals surface area contributed by atoms with E-state index in [2.05, 4.69) is 26.0 Å². The summed E-state index contributed by atoms with van der Waals surface area (Å²) in [6.07, 6.45) is 3.67. The molecule has 1 heterocycles. The Morgan fingerprint density at radius 2 is 1.00 bits per heavy atom. The summed E-state index contributed by atoms with van der Waals surface area (Å²) in [5.74, 6) is 0.252. The van der Waals surface area contributed by atoms with Gasteiger partial charge in [-0.2, -0.15) is 0 Å². The first-order valence-corrected chi connectivity index (χ1v) is 8.89. The molecule has 4 atom stereocenters. The summed E-state index contributed by atoms with van der Waals surface area (Å²) in [7, 11) is 0. The van der Waals surface area contributed by atoms with Crippen LogP contribution in [0.2, 0.25) is 0 Å². The van der Waals surface area contributed by atoms with E-state index in [1.807, 2.05) is 27.7 Å². The van der Waals surface area contributed by atoms with E-state index in [1.54, 1.807) is 0 Å². The van der Waals surface area contributed by atoms with Crippen LogP contribution in [-0.2, 0) is 23.7 Å². The molecule has 0 saturated heterocycles. The average molecular weight is 330 g/mol. The van der Waals surface area contributed by atoms with Crippen LogP contribution in [0.4, 0.5) is 0 Å². The molecular formula is C18H34O5. The standard InChI is InChI=1S/C18H34O5/c1-7-19-17(20-8-2)13(5)15-11-12-16(23-15)14(6)18(21-9-3)22-10-4/h11-18H,7-10H2,1-6H3. The Balaban J connectivity index is 2.60. The second kappa shape index (κ2) is 11.2. The lowest BCUT2D eigenvalue weighted by Crippen LogP contribution is -2.38. The van der Waals surface area contributed by atoms with Crippen LogP contribution in [0.3, 0.4) is 0 Å². The predicted molar refractivity (Wildman–Crippen MR) is 90.2 cm³/mol. The first-order valence-electron chi connectivity index (χ1n) is 8.89. The van der Waals surface area contributed by atoms with Crippen molar-refractivity contribution in [3.05, 3.63) is 12.2 Å². The van der Waals surface area contributed by atoms with Crippen LogP contribution in [0.25, 0.3) is 0 Å². The fourth-order valence-corrected chi connectivity index (χ4v) is 2.76. The Morgan fingerprint density at radius 3 is 1.26 bits per heavy atom. The van der Waals surface area contributed by atoms with Gasteiger partial charge in [0.2, 0.25) is 0 Å². The van der Waals surface area contributed by atoms with E-state index < -0.39 is 0 Å². The summed E-state index contributed by atoms with van der Waals surface area (Å²) in [6.45, 7) is 14.6. The summed E-state index contributed by atoms with van der Waals surface area (Å²) >= 11 is 0. The Hall–Kier alpha value is -0.460. The molecule has 5 heteroatoms. The zero-order chi connectivity index (χ0) is 17.2. The summed E-state index contributed by atoms with van der Waals surface area (Å²) < 4.78 is 29.0. The van der Waals surface area contributed by atoms with Crippen LogP contribution < -0.4 is 0 Å². The fourth-order valence-electron chi connectivity index (χ4n) is 2.76. The third-order valence-corrected chi connectivity index (χ3v) is 4.02. The van der Waals surface area contributed by atoms with Crippen molar-refractivity contribution in [2.24, 2.45) is 11.8 Å². The lowest BCUT2D eigenvalue weighted by Gasteiger charge is -2.31. The third kappa shape index (κ3) is 6.16. The number of hydrogen-bond acceptors (Lipinski definition) is 5. The number of rotatable bonds is 12. The zero-order valence-electron chi connectivity index (χ0n) is 15.5. The molecule has 0 N–H and O–H groups in total. The second-order valence-electron chi connectivity index (χ2n) is 5.73. The highest BCUT2D eigenvalue weighted by atomic mass is 16.7. The molecule has 0 amide bonds. The first-order chi connectivity index (χ1) is 11.1. The summed E-state index contributed by atoms with van der Waals surface area (Å²) in [5, 5.41) is 0. The third-order valence-electron chi connectivity index (χ3n) is 4.02. The SMILES string of the molecule is CCOC(OCC)C(C)C1C=CC(C(C)C(OCC)OCC)O1. The Labute approximate surface area is 141 Å². The quantitative estimate of drug-likeness (QED) is 0.405. The highest BCUT2D eigenvalue weighted by Crippen LogP contribution is 2.29. The molecule has 0 aromatic heterocycles. The number of ether oxygens (including phenoxy) is 5. The molecule has 0 bridgehead atoms. The topological polar surface area (TPSA) is 46.2 Å². The highest BCUT2D eigenvalue weighted by molar-refractivity contribution is 5.06. The van der Waals surface area contributed by atoms with E-state index in [9.17, 15) is 0 Å². The molecule has 1 aliphatic heterocycles. The molecule has 0 aromatic carbocycles. The molecule has 23 heavy (non-hydrogen) atoms. The Kier molecular flexibility index (Phi) is 9.99. The molecule has 136 valence electrons. The maximum atomic E-state index is 6.20. The van der Waals surface area contributed by atoms with Gasteiger partial charge in [-0.3, -0.25) is 0 Å². The average Bonchev–Trinajstić information content (AvgIpc) is 3.03. The fraction of sp³-hybridized carbons (Fsp3) is 0.889. The summed E-state index contributed by atoms with van der Waals surface area (Å²) in [6, 6.07) is 0. The van der Waals surface area contributed by atoms with Crippen molar-refractivity contribution < 1.29 is 23.7 Å². The molecule has 4 unspecified atom stereocenters. The van der Waals surface area contributed by atoms with Gasteiger partial charge in [-0.1, -0.05) is 26.0 Å². The van der Waals surface area contributed by atoms with Gasteiger partial charge in [-0.15, -0.1) is 0 Å². The van der Waals surface area contributed by atoms with E-state index >= 15 is 0 Å². The van der Waals surface area contributed by atoms with Crippen LogP contribution >= 0.6 is 0 Å². The normalized spacial score (nSPS) is 23.8. The van der Waals surface area contributed by atoms with Crippen molar-refractivity contribution in [1.82, 2.24) is 0 Å². The predicted octanol–water partition coefficient (Wildman–Crippen LogP) is 3.38. The minimum Gasteiger partial charge on any atom is -0.366 e. The van der Waals surface area contributed by atoms with Gasteiger partial charge in [-0.05, 0) is 27.7 Å². The molecule has 0 spiro atoms. The van der Waals surface area contributed by atoms with Crippen molar-refractivity contribution in [2.75, 3.05) is 26.4 Å². The van der Waals surface area contributed by atoms with E-state index in [0.29, 0.717) is 26.4 Å².